The van der Waals surface area contributed by atoms with Gasteiger partial charge in [-0.3, -0.25) is 19.8 Å². The third kappa shape index (κ3) is 5.47. The lowest BCUT2D eigenvalue weighted by molar-refractivity contribution is -0.384. The maximum absolute atomic E-state index is 12.9. The van der Waals surface area contributed by atoms with Crippen molar-refractivity contribution in [3.63, 3.8) is 0 Å². The first kappa shape index (κ1) is 22.7. The predicted molar refractivity (Wildman–Crippen MR) is 121 cm³/mol. The van der Waals surface area contributed by atoms with E-state index in [-0.39, 0.29) is 23.2 Å². The van der Waals surface area contributed by atoms with Crippen LogP contribution in [0.4, 0.5) is 11.4 Å². The molecule has 3 aromatic rings. The van der Waals surface area contributed by atoms with Crippen LogP contribution in [0, 0.1) is 16.0 Å². The minimum atomic E-state index is -0.514. The fraction of sp³-hybridized carbons (Fsp3) is 0.318. The first-order valence-electron chi connectivity index (χ1n) is 10.4. The van der Waals surface area contributed by atoms with Crippen LogP contribution < -0.4 is 10.1 Å². The minimum Gasteiger partial charge on any atom is -0.495 e. The Kier molecular flexibility index (Phi) is 6.85. The van der Waals surface area contributed by atoms with E-state index < -0.39 is 4.92 Å². The Balaban J connectivity index is 1.40. The molecule has 0 aliphatic carbocycles. The van der Waals surface area contributed by atoms with E-state index in [1.807, 2.05) is 12.1 Å². The number of amides is 1. The van der Waals surface area contributed by atoms with E-state index in [0.29, 0.717) is 42.0 Å². The largest absolute Gasteiger partial charge is 0.495 e. The SMILES string of the molecule is COc1ccc([N+](=O)[O-])cc1NC(=O)C1CCCN(Cc2nc(-c3cccc(Cl)c3)no2)C1. The normalized spacial score (nSPS) is 16.4. The number of carbonyl (C=O) groups is 1. The molecular weight excluding hydrogens is 450 g/mol. The van der Waals surface area contributed by atoms with Gasteiger partial charge in [-0.05, 0) is 37.6 Å². The summed E-state index contributed by atoms with van der Waals surface area (Å²) in [6.45, 7) is 1.70. The third-order valence-corrected chi connectivity index (χ3v) is 5.67. The Labute approximate surface area is 194 Å². The summed E-state index contributed by atoms with van der Waals surface area (Å²) in [5, 5.41) is 18.5. The van der Waals surface area contributed by atoms with Gasteiger partial charge in [0.15, 0.2) is 0 Å². The number of nitro benzene ring substituents is 1. The zero-order chi connectivity index (χ0) is 23.4. The number of aromatic nitrogens is 2. The summed E-state index contributed by atoms with van der Waals surface area (Å²) in [6, 6.07) is 11.3. The molecule has 0 spiro atoms. The minimum absolute atomic E-state index is 0.122. The molecule has 1 aliphatic rings. The van der Waals surface area contributed by atoms with Crippen LogP contribution in [-0.4, -0.2) is 46.1 Å². The van der Waals surface area contributed by atoms with E-state index >= 15 is 0 Å². The number of benzene rings is 2. The highest BCUT2D eigenvalue weighted by Crippen LogP contribution is 2.30. The molecule has 1 aliphatic heterocycles. The number of carbonyl (C=O) groups excluding carboxylic acids is 1. The van der Waals surface area contributed by atoms with E-state index in [1.165, 1.54) is 25.3 Å². The van der Waals surface area contributed by atoms with Crippen molar-refractivity contribution < 1.29 is 19.0 Å². The second-order valence-corrected chi connectivity index (χ2v) is 8.16. The highest BCUT2D eigenvalue weighted by atomic mass is 35.5. The topological polar surface area (TPSA) is 124 Å². The molecule has 1 fully saturated rings. The molecule has 1 saturated heterocycles. The predicted octanol–water partition coefficient (Wildman–Crippen LogP) is 4.16. The Hall–Kier alpha value is -3.50. The molecule has 2 aromatic carbocycles. The van der Waals surface area contributed by atoms with Crippen molar-refractivity contribution in [2.45, 2.75) is 19.4 Å². The van der Waals surface area contributed by atoms with Gasteiger partial charge in [0.25, 0.3) is 5.69 Å². The van der Waals surface area contributed by atoms with Gasteiger partial charge >= 0.3 is 0 Å². The van der Waals surface area contributed by atoms with Gasteiger partial charge in [0, 0.05) is 29.3 Å². The Bertz CT molecular complexity index is 1170. The van der Waals surface area contributed by atoms with Gasteiger partial charge in [-0.2, -0.15) is 4.98 Å². The molecule has 10 nitrogen and oxygen atoms in total. The summed E-state index contributed by atoms with van der Waals surface area (Å²) in [6.07, 6.45) is 1.52. The summed E-state index contributed by atoms with van der Waals surface area (Å²) < 4.78 is 10.6. The maximum atomic E-state index is 12.9. The average Bonchev–Trinajstić information content (AvgIpc) is 3.27. The lowest BCUT2D eigenvalue weighted by Gasteiger charge is -2.30. The molecule has 172 valence electrons. The summed E-state index contributed by atoms with van der Waals surface area (Å²) >= 11 is 6.03. The van der Waals surface area contributed by atoms with Gasteiger partial charge in [0.2, 0.25) is 17.6 Å². The molecule has 11 heteroatoms. The standard InChI is InChI=1S/C22H22ClN5O5/c1-32-19-8-7-17(28(30)31)11-18(19)24-22(29)15-5-3-9-27(12-15)13-20-25-21(26-33-20)14-4-2-6-16(23)10-14/h2,4,6-8,10-11,15H,3,5,9,12-13H2,1H3,(H,24,29). The number of methoxy groups -OCH3 is 1. The van der Waals surface area contributed by atoms with Gasteiger partial charge in [0.05, 0.1) is 30.2 Å². The summed E-state index contributed by atoms with van der Waals surface area (Å²) in [4.78, 5) is 30.0. The van der Waals surface area contributed by atoms with Crippen LogP contribution in [0.3, 0.4) is 0 Å². The summed E-state index contributed by atoms with van der Waals surface area (Å²) in [5.74, 6) is 0.755. The molecule has 0 bridgehead atoms. The summed E-state index contributed by atoms with van der Waals surface area (Å²) in [7, 11) is 1.45. The molecule has 1 atom stereocenters. The Morgan fingerprint density at radius 2 is 2.21 bits per heavy atom. The highest BCUT2D eigenvalue weighted by molar-refractivity contribution is 6.30. The van der Waals surface area contributed by atoms with Crippen molar-refractivity contribution in [3.05, 3.63) is 63.5 Å². The molecule has 0 radical (unpaired) electrons. The van der Waals surface area contributed by atoms with Crippen molar-refractivity contribution in [3.8, 4) is 17.1 Å². The van der Waals surface area contributed by atoms with Crippen molar-refractivity contribution in [2.75, 3.05) is 25.5 Å². The number of piperidine rings is 1. The fourth-order valence-electron chi connectivity index (χ4n) is 3.81. The number of nitro groups is 1. The highest BCUT2D eigenvalue weighted by Gasteiger charge is 2.28. The lowest BCUT2D eigenvalue weighted by atomic mass is 9.97. The molecule has 1 amide bonds. The lowest BCUT2D eigenvalue weighted by Crippen LogP contribution is -2.40. The van der Waals surface area contributed by atoms with Crippen LogP contribution >= 0.6 is 11.6 Å². The van der Waals surface area contributed by atoms with Crippen LogP contribution in [-0.2, 0) is 11.3 Å². The first-order valence-corrected chi connectivity index (χ1v) is 10.7. The van der Waals surface area contributed by atoms with Gasteiger partial charge in [-0.25, -0.2) is 0 Å². The number of rotatable bonds is 7. The van der Waals surface area contributed by atoms with E-state index in [4.69, 9.17) is 20.9 Å². The van der Waals surface area contributed by atoms with E-state index in [2.05, 4.69) is 20.4 Å². The van der Waals surface area contributed by atoms with Crippen molar-refractivity contribution in [1.82, 2.24) is 15.0 Å². The number of anilines is 1. The zero-order valence-corrected chi connectivity index (χ0v) is 18.6. The van der Waals surface area contributed by atoms with E-state index in [1.54, 1.807) is 12.1 Å². The molecule has 1 N–H and O–H groups in total. The van der Waals surface area contributed by atoms with Crippen molar-refractivity contribution in [2.24, 2.45) is 5.92 Å². The van der Waals surface area contributed by atoms with Crippen LogP contribution in [0.15, 0.2) is 47.0 Å². The number of non-ortho nitro benzene ring substituents is 1. The Morgan fingerprint density at radius 1 is 1.36 bits per heavy atom. The number of nitrogens with zero attached hydrogens (tertiary/aromatic N) is 4. The number of ether oxygens (including phenoxy) is 1. The van der Waals surface area contributed by atoms with Crippen LogP contribution in [0.5, 0.6) is 5.75 Å². The monoisotopic (exact) mass is 471 g/mol. The molecule has 1 aromatic heterocycles. The van der Waals surface area contributed by atoms with Gasteiger partial charge in [-0.15, -0.1) is 0 Å². The Morgan fingerprint density at radius 3 is 2.97 bits per heavy atom. The second kappa shape index (κ2) is 9.97. The van der Waals surface area contributed by atoms with Crippen molar-refractivity contribution in [1.29, 1.82) is 0 Å². The third-order valence-electron chi connectivity index (χ3n) is 5.44. The quantitative estimate of drug-likeness (QED) is 0.402. The molecule has 2 heterocycles. The molecule has 33 heavy (non-hydrogen) atoms. The molecule has 4 rings (SSSR count). The van der Waals surface area contributed by atoms with Crippen LogP contribution in [0.1, 0.15) is 18.7 Å². The van der Waals surface area contributed by atoms with Crippen LogP contribution in [0.25, 0.3) is 11.4 Å². The smallest absolute Gasteiger partial charge is 0.271 e. The van der Waals surface area contributed by atoms with Crippen molar-refractivity contribution >= 4 is 28.9 Å². The molecular formula is C22H22ClN5O5. The summed E-state index contributed by atoms with van der Waals surface area (Å²) in [5.41, 5.74) is 0.916. The number of likely N-dealkylation sites (tertiary alicyclic amines) is 1. The van der Waals surface area contributed by atoms with Gasteiger partial charge in [-0.1, -0.05) is 28.9 Å². The zero-order valence-electron chi connectivity index (χ0n) is 17.9. The number of hydrogen-bond donors (Lipinski definition) is 1. The van der Waals surface area contributed by atoms with E-state index in [0.717, 1.165) is 18.5 Å². The maximum Gasteiger partial charge on any atom is 0.271 e. The number of hydrogen-bond acceptors (Lipinski definition) is 8. The number of nitrogens with one attached hydrogen (secondary N) is 1. The van der Waals surface area contributed by atoms with Crippen LogP contribution in [0.2, 0.25) is 5.02 Å². The fourth-order valence-corrected chi connectivity index (χ4v) is 4.00. The first-order chi connectivity index (χ1) is 15.9. The van der Waals surface area contributed by atoms with Gasteiger partial charge in [0.1, 0.15) is 5.75 Å². The number of halogens is 1. The van der Waals surface area contributed by atoms with E-state index in [9.17, 15) is 14.9 Å². The molecule has 1 unspecified atom stereocenters. The van der Waals surface area contributed by atoms with Gasteiger partial charge < -0.3 is 14.6 Å². The average molecular weight is 472 g/mol. The second-order valence-electron chi connectivity index (χ2n) is 7.73. The molecule has 0 saturated carbocycles.